The quantitative estimate of drug-likeness (QED) is 0.797. The smallest absolute Gasteiger partial charge is 0.339 e. The molecule has 1 saturated carbocycles. The van der Waals surface area contributed by atoms with Crippen molar-refractivity contribution in [3.63, 3.8) is 0 Å². The number of pyridine rings is 1. The predicted molar refractivity (Wildman–Crippen MR) is 72.9 cm³/mol. The van der Waals surface area contributed by atoms with E-state index in [0.717, 1.165) is 12.8 Å². The van der Waals surface area contributed by atoms with Gasteiger partial charge < -0.3 is 10.1 Å². The van der Waals surface area contributed by atoms with Gasteiger partial charge in [0.25, 0.3) is 0 Å². The van der Waals surface area contributed by atoms with Gasteiger partial charge in [0.2, 0.25) is 5.91 Å². The fourth-order valence-electron chi connectivity index (χ4n) is 1.59. The van der Waals surface area contributed by atoms with E-state index in [-0.39, 0.29) is 5.91 Å². The molecule has 0 aromatic carbocycles. The van der Waals surface area contributed by atoms with Crippen molar-refractivity contribution >= 4 is 23.6 Å². The lowest BCUT2D eigenvalue weighted by atomic mass is 10.2. The van der Waals surface area contributed by atoms with Crippen LogP contribution >= 0.6 is 11.8 Å². The molecular formula is C13H16N2O3S. The van der Waals surface area contributed by atoms with E-state index in [2.05, 4.69) is 10.3 Å². The second-order valence-corrected chi connectivity index (χ2v) is 5.31. The maximum Gasteiger partial charge on any atom is 0.339 e. The summed E-state index contributed by atoms with van der Waals surface area (Å²) in [7, 11) is 1.34. The Hall–Kier alpha value is -1.56. The van der Waals surface area contributed by atoms with E-state index in [0.29, 0.717) is 28.8 Å². The molecule has 0 bridgehead atoms. The molecule has 0 saturated heterocycles. The fraction of sp³-hybridized carbons (Fsp3) is 0.462. The molecule has 1 aromatic heterocycles. The van der Waals surface area contributed by atoms with Crippen molar-refractivity contribution in [3.05, 3.63) is 29.6 Å². The molecule has 1 fully saturated rings. The number of ether oxygens (including phenoxy) is 1. The molecule has 5 nitrogen and oxygen atoms in total. The standard InChI is InChI=1S/C13H16N2O3S/c1-18-13(17)10-3-2-6-14-11(10)7-19-8-12(16)15-9-4-5-9/h2-3,6,9H,4-5,7-8H2,1H3,(H,15,16). The Morgan fingerprint density at radius 3 is 3.00 bits per heavy atom. The minimum atomic E-state index is -0.397. The van der Waals surface area contributed by atoms with Crippen molar-refractivity contribution in [1.29, 1.82) is 0 Å². The van der Waals surface area contributed by atoms with Crippen LogP contribution in [-0.2, 0) is 15.3 Å². The summed E-state index contributed by atoms with van der Waals surface area (Å²) in [4.78, 5) is 27.2. The van der Waals surface area contributed by atoms with Gasteiger partial charge in [0.05, 0.1) is 24.1 Å². The van der Waals surface area contributed by atoms with Crippen molar-refractivity contribution in [2.75, 3.05) is 12.9 Å². The Bertz CT molecular complexity index is 475. The molecule has 6 heteroatoms. The first-order valence-electron chi connectivity index (χ1n) is 6.10. The Labute approximate surface area is 116 Å². The lowest BCUT2D eigenvalue weighted by Crippen LogP contribution is -2.27. The van der Waals surface area contributed by atoms with Gasteiger partial charge >= 0.3 is 5.97 Å². The molecule has 0 unspecified atom stereocenters. The summed E-state index contributed by atoms with van der Waals surface area (Å²) in [5.41, 5.74) is 1.11. The highest BCUT2D eigenvalue weighted by Crippen LogP contribution is 2.19. The first-order valence-corrected chi connectivity index (χ1v) is 7.25. The van der Waals surface area contributed by atoms with Crippen LogP contribution in [0, 0.1) is 0 Å². The molecule has 0 radical (unpaired) electrons. The first kappa shape index (κ1) is 13.9. The number of methoxy groups -OCH3 is 1. The van der Waals surface area contributed by atoms with E-state index in [1.807, 2.05) is 0 Å². The largest absolute Gasteiger partial charge is 0.465 e. The van der Waals surface area contributed by atoms with Gasteiger partial charge in [-0.25, -0.2) is 4.79 Å². The number of nitrogens with zero attached hydrogens (tertiary/aromatic N) is 1. The Balaban J connectivity index is 1.84. The summed E-state index contributed by atoms with van der Waals surface area (Å²) in [5, 5.41) is 2.92. The molecule has 19 heavy (non-hydrogen) atoms. The number of carbonyl (C=O) groups is 2. The van der Waals surface area contributed by atoms with Crippen molar-refractivity contribution in [2.24, 2.45) is 0 Å². The normalized spacial score (nSPS) is 13.9. The number of esters is 1. The third-order valence-corrected chi connectivity index (χ3v) is 3.65. The Morgan fingerprint density at radius 2 is 2.32 bits per heavy atom. The van der Waals surface area contributed by atoms with Gasteiger partial charge in [-0.2, -0.15) is 0 Å². The van der Waals surface area contributed by atoms with Crippen LogP contribution in [0.4, 0.5) is 0 Å². The van der Waals surface area contributed by atoms with Gasteiger partial charge in [0.1, 0.15) is 0 Å². The lowest BCUT2D eigenvalue weighted by Gasteiger charge is -2.06. The number of carbonyl (C=O) groups excluding carboxylic acids is 2. The maximum atomic E-state index is 11.5. The third-order valence-electron chi connectivity index (χ3n) is 2.71. The van der Waals surface area contributed by atoms with Crippen LogP contribution in [0.1, 0.15) is 28.9 Å². The van der Waals surface area contributed by atoms with Crippen LogP contribution in [0.3, 0.4) is 0 Å². The van der Waals surface area contributed by atoms with Gasteiger partial charge in [-0.15, -0.1) is 11.8 Å². The van der Waals surface area contributed by atoms with E-state index >= 15 is 0 Å². The van der Waals surface area contributed by atoms with Crippen molar-refractivity contribution in [2.45, 2.75) is 24.6 Å². The molecule has 1 amide bonds. The number of hydrogen-bond acceptors (Lipinski definition) is 5. The molecule has 1 N–H and O–H groups in total. The fourth-order valence-corrected chi connectivity index (χ4v) is 2.38. The van der Waals surface area contributed by atoms with Crippen molar-refractivity contribution in [1.82, 2.24) is 10.3 Å². The average Bonchev–Trinajstić information content (AvgIpc) is 3.22. The highest BCUT2D eigenvalue weighted by molar-refractivity contribution is 7.99. The highest BCUT2D eigenvalue weighted by atomic mass is 32.2. The third kappa shape index (κ3) is 4.24. The van der Waals surface area contributed by atoms with E-state index in [1.54, 1.807) is 18.3 Å². The number of thioether (sulfide) groups is 1. The number of nitrogens with one attached hydrogen (secondary N) is 1. The van der Waals surface area contributed by atoms with Crippen LogP contribution < -0.4 is 5.32 Å². The van der Waals surface area contributed by atoms with E-state index < -0.39 is 5.97 Å². The first-order chi connectivity index (χ1) is 9.20. The van der Waals surface area contributed by atoms with Crippen LogP contribution in [0.15, 0.2) is 18.3 Å². The predicted octanol–water partition coefficient (Wildman–Crippen LogP) is 1.38. The Kier molecular flexibility index (Phi) is 4.79. The number of amides is 1. The topological polar surface area (TPSA) is 68.3 Å². The zero-order chi connectivity index (χ0) is 13.7. The van der Waals surface area contributed by atoms with Gasteiger partial charge in [0, 0.05) is 18.0 Å². The van der Waals surface area contributed by atoms with Gasteiger partial charge in [0.15, 0.2) is 0 Å². The van der Waals surface area contributed by atoms with Crippen molar-refractivity contribution in [3.8, 4) is 0 Å². The van der Waals surface area contributed by atoms with E-state index in [9.17, 15) is 9.59 Å². The summed E-state index contributed by atoms with van der Waals surface area (Å²) in [5.74, 6) is 0.547. The van der Waals surface area contributed by atoms with Gasteiger partial charge in [-0.05, 0) is 25.0 Å². The monoisotopic (exact) mass is 280 g/mol. The van der Waals surface area contributed by atoms with Crippen molar-refractivity contribution < 1.29 is 14.3 Å². The summed E-state index contributed by atoms with van der Waals surface area (Å²) < 4.78 is 4.70. The molecule has 102 valence electrons. The molecule has 1 aliphatic carbocycles. The summed E-state index contributed by atoms with van der Waals surface area (Å²) in [6, 6.07) is 3.76. The number of aromatic nitrogens is 1. The lowest BCUT2D eigenvalue weighted by molar-refractivity contribution is -0.118. The minimum Gasteiger partial charge on any atom is -0.465 e. The van der Waals surface area contributed by atoms with E-state index in [4.69, 9.17) is 4.74 Å². The molecular weight excluding hydrogens is 264 g/mol. The van der Waals surface area contributed by atoms with Gasteiger partial charge in [-0.3, -0.25) is 9.78 Å². The highest BCUT2D eigenvalue weighted by Gasteiger charge is 2.23. The van der Waals surface area contributed by atoms with Crippen LogP contribution in [0.2, 0.25) is 0 Å². The van der Waals surface area contributed by atoms with Crippen LogP contribution in [0.5, 0.6) is 0 Å². The molecule has 0 aliphatic heterocycles. The van der Waals surface area contributed by atoms with E-state index in [1.165, 1.54) is 18.9 Å². The molecule has 1 aromatic rings. The second-order valence-electron chi connectivity index (χ2n) is 4.32. The molecule has 0 atom stereocenters. The molecule has 1 heterocycles. The minimum absolute atomic E-state index is 0.0445. The average molecular weight is 280 g/mol. The molecule has 0 spiro atoms. The number of rotatable bonds is 6. The Morgan fingerprint density at radius 1 is 1.53 bits per heavy atom. The zero-order valence-electron chi connectivity index (χ0n) is 10.7. The molecule has 2 rings (SSSR count). The molecule has 1 aliphatic rings. The summed E-state index contributed by atoms with van der Waals surface area (Å²) in [6.45, 7) is 0. The van der Waals surface area contributed by atoms with Gasteiger partial charge in [-0.1, -0.05) is 0 Å². The van der Waals surface area contributed by atoms with Crippen LogP contribution in [-0.4, -0.2) is 35.8 Å². The SMILES string of the molecule is COC(=O)c1cccnc1CSCC(=O)NC1CC1. The summed E-state index contributed by atoms with van der Waals surface area (Å²) >= 11 is 1.44. The maximum absolute atomic E-state index is 11.5. The number of hydrogen-bond donors (Lipinski definition) is 1. The second kappa shape index (κ2) is 6.56. The zero-order valence-corrected chi connectivity index (χ0v) is 11.5. The van der Waals surface area contributed by atoms with Crippen LogP contribution in [0.25, 0.3) is 0 Å². The summed E-state index contributed by atoms with van der Waals surface area (Å²) in [6.07, 6.45) is 3.80.